The summed E-state index contributed by atoms with van der Waals surface area (Å²) in [5, 5.41) is 0. The van der Waals surface area contributed by atoms with Crippen LogP contribution in [0.5, 0.6) is 0 Å². The van der Waals surface area contributed by atoms with E-state index in [1.54, 1.807) is 0 Å². The second-order valence-corrected chi connectivity index (χ2v) is 5.12. The number of benzene rings is 2. The first-order valence-corrected chi connectivity index (χ1v) is 6.77. The largest absolute Gasteiger partial charge is 0.320 e. The molecule has 2 aromatic rings. The molecular formula is C17H19N. The van der Waals surface area contributed by atoms with Gasteiger partial charge < -0.3 is 5.73 Å². The van der Waals surface area contributed by atoms with E-state index in [9.17, 15) is 0 Å². The number of aryl methyl sites for hydroxylation is 2. The molecule has 3 rings (SSSR count). The van der Waals surface area contributed by atoms with Crippen LogP contribution in [0.1, 0.15) is 41.1 Å². The average Bonchev–Trinajstić information content (AvgIpc) is 2.47. The Morgan fingerprint density at radius 1 is 0.778 bits per heavy atom. The predicted molar refractivity (Wildman–Crippen MR) is 75.6 cm³/mol. The zero-order valence-corrected chi connectivity index (χ0v) is 10.6. The van der Waals surface area contributed by atoms with Gasteiger partial charge in [-0.05, 0) is 47.9 Å². The lowest BCUT2D eigenvalue weighted by Gasteiger charge is -2.19. The van der Waals surface area contributed by atoms with Crippen molar-refractivity contribution in [2.45, 2.75) is 31.7 Å². The third kappa shape index (κ3) is 2.19. The smallest absolute Gasteiger partial charge is 0.0551 e. The van der Waals surface area contributed by atoms with E-state index >= 15 is 0 Å². The highest BCUT2D eigenvalue weighted by Crippen LogP contribution is 2.26. The van der Waals surface area contributed by atoms with Crippen molar-refractivity contribution in [3.63, 3.8) is 0 Å². The molecule has 2 N–H and O–H groups in total. The summed E-state index contributed by atoms with van der Waals surface area (Å²) in [5.41, 5.74) is 11.8. The number of hydrogen-bond donors (Lipinski definition) is 1. The van der Waals surface area contributed by atoms with Crippen LogP contribution in [-0.2, 0) is 12.8 Å². The van der Waals surface area contributed by atoms with E-state index in [0.717, 1.165) is 0 Å². The maximum Gasteiger partial charge on any atom is 0.0551 e. The molecule has 0 saturated carbocycles. The molecule has 0 saturated heterocycles. The first kappa shape index (κ1) is 11.5. The van der Waals surface area contributed by atoms with Gasteiger partial charge in [0.2, 0.25) is 0 Å². The fraction of sp³-hybridized carbons (Fsp3) is 0.294. The molecule has 92 valence electrons. The zero-order chi connectivity index (χ0) is 12.4. The fourth-order valence-electron chi connectivity index (χ4n) is 2.80. The van der Waals surface area contributed by atoms with Gasteiger partial charge in [-0.15, -0.1) is 0 Å². The topological polar surface area (TPSA) is 26.0 Å². The molecule has 1 aliphatic rings. The van der Waals surface area contributed by atoms with Crippen molar-refractivity contribution >= 4 is 0 Å². The highest BCUT2D eigenvalue weighted by Gasteiger charge is 2.13. The third-order valence-corrected chi connectivity index (χ3v) is 3.89. The molecule has 1 heteroatoms. The summed E-state index contributed by atoms with van der Waals surface area (Å²) in [7, 11) is 0. The van der Waals surface area contributed by atoms with Crippen LogP contribution in [0.4, 0.5) is 0 Å². The number of hydrogen-bond acceptors (Lipinski definition) is 1. The van der Waals surface area contributed by atoms with Gasteiger partial charge in [-0.25, -0.2) is 0 Å². The van der Waals surface area contributed by atoms with Gasteiger partial charge in [-0.3, -0.25) is 0 Å². The predicted octanol–water partition coefficient (Wildman–Crippen LogP) is 3.61. The summed E-state index contributed by atoms with van der Waals surface area (Å²) < 4.78 is 0. The molecule has 0 heterocycles. The van der Waals surface area contributed by atoms with E-state index in [2.05, 4.69) is 30.3 Å². The zero-order valence-electron chi connectivity index (χ0n) is 10.6. The van der Waals surface area contributed by atoms with Crippen molar-refractivity contribution in [2.24, 2.45) is 5.73 Å². The van der Waals surface area contributed by atoms with Crippen molar-refractivity contribution in [3.05, 3.63) is 70.8 Å². The summed E-state index contributed by atoms with van der Waals surface area (Å²) in [6.45, 7) is 0. The molecule has 1 unspecified atom stereocenters. The van der Waals surface area contributed by atoms with Crippen LogP contribution < -0.4 is 5.73 Å². The Labute approximate surface area is 109 Å². The molecule has 2 aromatic carbocycles. The average molecular weight is 237 g/mol. The number of nitrogens with two attached hydrogens (primary N) is 1. The standard InChI is InChI=1S/C17H19N/c18-17(14-7-2-1-3-8-14)16-11-10-13-6-4-5-9-15(13)12-16/h1-3,7-8,10-12,17H,4-6,9,18H2. The normalized spacial score (nSPS) is 16.1. The van der Waals surface area contributed by atoms with E-state index in [1.807, 2.05) is 18.2 Å². The number of rotatable bonds is 2. The quantitative estimate of drug-likeness (QED) is 0.848. The minimum absolute atomic E-state index is 0.00146. The Morgan fingerprint density at radius 2 is 1.50 bits per heavy atom. The summed E-state index contributed by atoms with van der Waals surface area (Å²) >= 11 is 0. The highest BCUT2D eigenvalue weighted by atomic mass is 14.6. The van der Waals surface area contributed by atoms with Crippen molar-refractivity contribution in [3.8, 4) is 0 Å². The first-order chi connectivity index (χ1) is 8.84. The number of fused-ring (bicyclic) bond motifs is 1. The van der Waals surface area contributed by atoms with Crippen LogP contribution in [0.3, 0.4) is 0 Å². The lowest BCUT2D eigenvalue weighted by molar-refractivity contribution is 0.682. The molecule has 0 aliphatic heterocycles. The van der Waals surface area contributed by atoms with E-state index in [4.69, 9.17) is 5.73 Å². The van der Waals surface area contributed by atoms with Gasteiger partial charge in [0.1, 0.15) is 0 Å². The van der Waals surface area contributed by atoms with Gasteiger partial charge in [-0.1, -0.05) is 48.5 Å². The lowest BCUT2D eigenvalue weighted by Crippen LogP contribution is -2.13. The van der Waals surface area contributed by atoms with Crippen molar-refractivity contribution in [2.75, 3.05) is 0 Å². The van der Waals surface area contributed by atoms with Crippen LogP contribution in [0.25, 0.3) is 0 Å². The Balaban J connectivity index is 1.93. The Morgan fingerprint density at radius 3 is 2.28 bits per heavy atom. The SMILES string of the molecule is NC(c1ccccc1)c1ccc2c(c1)CCCC2. The molecule has 0 fully saturated rings. The van der Waals surface area contributed by atoms with Crippen molar-refractivity contribution < 1.29 is 0 Å². The second kappa shape index (κ2) is 4.95. The maximum absolute atomic E-state index is 6.35. The van der Waals surface area contributed by atoms with E-state index in [-0.39, 0.29) is 6.04 Å². The van der Waals surface area contributed by atoms with Crippen LogP contribution in [-0.4, -0.2) is 0 Å². The minimum Gasteiger partial charge on any atom is -0.320 e. The minimum atomic E-state index is -0.00146. The molecule has 1 nitrogen and oxygen atoms in total. The Bertz CT molecular complexity index is 531. The molecule has 1 aliphatic carbocycles. The van der Waals surface area contributed by atoms with Crippen LogP contribution in [0.15, 0.2) is 48.5 Å². The molecule has 0 amide bonds. The summed E-state index contributed by atoms with van der Waals surface area (Å²) in [6, 6.07) is 17.1. The van der Waals surface area contributed by atoms with E-state index in [0.29, 0.717) is 0 Å². The Hall–Kier alpha value is -1.60. The monoisotopic (exact) mass is 237 g/mol. The fourth-order valence-corrected chi connectivity index (χ4v) is 2.80. The van der Waals surface area contributed by atoms with Gasteiger partial charge in [0.25, 0.3) is 0 Å². The lowest BCUT2D eigenvalue weighted by atomic mass is 9.88. The summed E-state index contributed by atoms with van der Waals surface area (Å²) in [5.74, 6) is 0. The van der Waals surface area contributed by atoms with Crippen molar-refractivity contribution in [1.29, 1.82) is 0 Å². The van der Waals surface area contributed by atoms with E-state index in [1.165, 1.54) is 47.9 Å². The first-order valence-electron chi connectivity index (χ1n) is 6.77. The third-order valence-electron chi connectivity index (χ3n) is 3.89. The Kier molecular flexibility index (Phi) is 3.16. The van der Waals surface area contributed by atoms with Gasteiger partial charge in [0.05, 0.1) is 6.04 Å². The molecule has 0 spiro atoms. The van der Waals surface area contributed by atoms with Gasteiger partial charge in [-0.2, -0.15) is 0 Å². The summed E-state index contributed by atoms with van der Waals surface area (Å²) in [6.07, 6.45) is 5.09. The van der Waals surface area contributed by atoms with Gasteiger partial charge in [0.15, 0.2) is 0 Å². The summed E-state index contributed by atoms with van der Waals surface area (Å²) in [4.78, 5) is 0. The second-order valence-electron chi connectivity index (χ2n) is 5.12. The molecule has 0 bridgehead atoms. The molecule has 0 aromatic heterocycles. The molecule has 18 heavy (non-hydrogen) atoms. The van der Waals surface area contributed by atoms with Crippen molar-refractivity contribution in [1.82, 2.24) is 0 Å². The van der Waals surface area contributed by atoms with Crippen LogP contribution in [0, 0.1) is 0 Å². The maximum atomic E-state index is 6.35. The molecule has 1 atom stereocenters. The molecule has 0 radical (unpaired) electrons. The molecular weight excluding hydrogens is 218 g/mol. The van der Waals surface area contributed by atoms with Crippen LogP contribution >= 0.6 is 0 Å². The van der Waals surface area contributed by atoms with E-state index < -0.39 is 0 Å². The van der Waals surface area contributed by atoms with Gasteiger partial charge in [0, 0.05) is 0 Å². The highest BCUT2D eigenvalue weighted by molar-refractivity contribution is 5.38. The van der Waals surface area contributed by atoms with Crippen LogP contribution in [0.2, 0.25) is 0 Å². The van der Waals surface area contributed by atoms with Gasteiger partial charge >= 0.3 is 0 Å².